The second kappa shape index (κ2) is 8.82. The van der Waals surface area contributed by atoms with Crippen molar-refractivity contribution in [2.24, 2.45) is 0 Å². The Morgan fingerprint density at radius 1 is 1.07 bits per heavy atom. The minimum atomic E-state index is -0.336. The Morgan fingerprint density at radius 2 is 1.72 bits per heavy atom. The van der Waals surface area contributed by atoms with E-state index in [0.29, 0.717) is 17.7 Å². The number of hydrogen-bond donors (Lipinski definition) is 1. The first-order valence-corrected chi connectivity index (χ1v) is 10.5. The van der Waals surface area contributed by atoms with Crippen LogP contribution in [0.5, 0.6) is 0 Å². The Hall–Kier alpha value is -2.60. The van der Waals surface area contributed by atoms with Gasteiger partial charge >= 0.3 is 0 Å². The summed E-state index contributed by atoms with van der Waals surface area (Å²) in [6, 6.07) is 16.2. The van der Waals surface area contributed by atoms with Gasteiger partial charge < -0.3 is 9.73 Å². The fourth-order valence-corrected chi connectivity index (χ4v) is 3.44. The van der Waals surface area contributed by atoms with Crippen molar-refractivity contribution in [1.29, 1.82) is 0 Å². The lowest BCUT2D eigenvalue weighted by atomic mass is 9.87. The Bertz CT molecular complexity index is 957. The molecule has 1 N–H and O–H groups in total. The molecule has 0 fully saturated rings. The average molecular weight is 410 g/mol. The van der Waals surface area contributed by atoms with Crippen LogP contribution in [0.2, 0.25) is 0 Å². The number of carbonyl (C=O) groups excluding carboxylic acids is 1. The molecule has 1 heterocycles. The minimum absolute atomic E-state index is 0.0649. The maximum atomic E-state index is 12.4. The van der Waals surface area contributed by atoms with Gasteiger partial charge in [-0.25, -0.2) is 0 Å². The normalized spacial score (nSPS) is 12.6. The molecule has 3 rings (SSSR count). The molecular weight excluding hydrogens is 382 g/mol. The molecule has 0 aliphatic rings. The van der Waals surface area contributed by atoms with Crippen LogP contribution in [-0.2, 0) is 16.8 Å². The SMILES string of the molecule is Cc1ccc(CNC(=O)[C@@H](C)Sc2nnc(-c3ccc(C(C)(C)C)cc3)o2)cc1. The molecule has 29 heavy (non-hydrogen) atoms. The first kappa shape index (κ1) is 21.1. The number of rotatable bonds is 6. The summed E-state index contributed by atoms with van der Waals surface area (Å²) in [5.74, 6) is 0.394. The molecule has 0 spiro atoms. The molecule has 0 radical (unpaired) electrons. The maximum absolute atomic E-state index is 12.4. The fraction of sp³-hybridized carbons (Fsp3) is 0.348. The number of nitrogens with zero attached hydrogens (tertiary/aromatic N) is 2. The van der Waals surface area contributed by atoms with E-state index >= 15 is 0 Å². The number of thioether (sulfide) groups is 1. The van der Waals surface area contributed by atoms with Crippen LogP contribution in [0.15, 0.2) is 58.2 Å². The largest absolute Gasteiger partial charge is 0.411 e. The third kappa shape index (κ3) is 5.70. The molecule has 0 saturated heterocycles. The summed E-state index contributed by atoms with van der Waals surface area (Å²) in [6.45, 7) is 10.9. The topological polar surface area (TPSA) is 68.0 Å². The molecule has 5 nitrogen and oxygen atoms in total. The van der Waals surface area contributed by atoms with Crippen LogP contribution in [0.1, 0.15) is 44.4 Å². The highest BCUT2D eigenvalue weighted by molar-refractivity contribution is 8.00. The van der Waals surface area contributed by atoms with Crippen LogP contribution >= 0.6 is 11.8 Å². The van der Waals surface area contributed by atoms with Gasteiger partial charge in [0.25, 0.3) is 5.22 Å². The second-order valence-corrected chi connectivity index (χ2v) is 9.46. The summed E-state index contributed by atoms with van der Waals surface area (Å²) in [5, 5.41) is 11.2. The van der Waals surface area contributed by atoms with Gasteiger partial charge in [0, 0.05) is 12.1 Å². The van der Waals surface area contributed by atoms with E-state index in [1.54, 1.807) is 0 Å². The van der Waals surface area contributed by atoms with Gasteiger partial charge in [0.2, 0.25) is 11.8 Å². The zero-order valence-corrected chi connectivity index (χ0v) is 18.3. The van der Waals surface area contributed by atoms with Gasteiger partial charge in [-0.05, 0) is 42.5 Å². The molecule has 0 bridgehead atoms. The van der Waals surface area contributed by atoms with Crippen molar-refractivity contribution in [1.82, 2.24) is 15.5 Å². The van der Waals surface area contributed by atoms with Crippen molar-refractivity contribution < 1.29 is 9.21 Å². The monoisotopic (exact) mass is 409 g/mol. The van der Waals surface area contributed by atoms with E-state index in [2.05, 4.69) is 48.4 Å². The van der Waals surface area contributed by atoms with E-state index in [4.69, 9.17) is 4.42 Å². The highest BCUT2D eigenvalue weighted by Crippen LogP contribution is 2.28. The summed E-state index contributed by atoms with van der Waals surface area (Å²) < 4.78 is 5.75. The number of carbonyl (C=O) groups is 1. The average Bonchev–Trinajstić information content (AvgIpc) is 3.15. The van der Waals surface area contributed by atoms with Crippen molar-refractivity contribution in [3.05, 3.63) is 65.2 Å². The Kier molecular flexibility index (Phi) is 6.42. The van der Waals surface area contributed by atoms with E-state index in [0.717, 1.165) is 11.1 Å². The maximum Gasteiger partial charge on any atom is 0.277 e. The van der Waals surface area contributed by atoms with Crippen LogP contribution in [0.25, 0.3) is 11.5 Å². The zero-order chi connectivity index (χ0) is 21.0. The van der Waals surface area contributed by atoms with Crippen LogP contribution in [0.4, 0.5) is 0 Å². The summed E-state index contributed by atoms with van der Waals surface area (Å²) >= 11 is 1.26. The van der Waals surface area contributed by atoms with Gasteiger partial charge in [0.05, 0.1) is 5.25 Å². The van der Waals surface area contributed by atoms with Crippen molar-refractivity contribution in [3.8, 4) is 11.5 Å². The number of benzene rings is 2. The molecule has 0 unspecified atom stereocenters. The van der Waals surface area contributed by atoms with Crippen molar-refractivity contribution in [2.45, 2.75) is 57.1 Å². The summed E-state index contributed by atoms with van der Waals surface area (Å²) in [7, 11) is 0. The predicted molar refractivity (Wildman–Crippen MR) is 117 cm³/mol. The smallest absolute Gasteiger partial charge is 0.277 e. The summed E-state index contributed by atoms with van der Waals surface area (Å²) in [6.07, 6.45) is 0. The molecular formula is C23H27N3O2S. The molecule has 0 saturated carbocycles. The number of amides is 1. The second-order valence-electron chi connectivity index (χ2n) is 8.16. The first-order valence-electron chi connectivity index (χ1n) is 9.67. The van der Waals surface area contributed by atoms with Gasteiger partial charge in [-0.3, -0.25) is 4.79 Å². The standard InChI is InChI=1S/C23H27N3O2S/c1-15-6-8-17(9-7-15)14-24-20(27)16(2)29-22-26-25-21(28-22)18-10-12-19(13-11-18)23(3,4)5/h6-13,16H,14H2,1-5H3,(H,24,27)/t16-/m1/s1. The lowest BCUT2D eigenvalue weighted by Crippen LogP contribution is -2.30. The lowest BCUT2D eigenvalue weighted by Gasteiger charge is -2.18. The molecule has 1 aromatic heterocycles. The third-order valence-electron chi connectivity index (χ3n) is 4.64. The van der Waals surface area contributed by atoms with Crippen molar-refractivity contribution in [3.63, 3.8) is 0 Å². The Morgan fingerprint density at radius 3 is 2.34 bits per heavy atom. The van der Waals surface area contributed by atoms with E-state index in [1.807, 2.05) is 50.2 Å². The van der Waals surface area contributed by atoms with Crippen LogP contribution in [-0.4, -0.2) is 21.4 Å². The lowest BCUT2D eigenvalue weighted by molar-refractivity contribution is -0.120. The van der Waals surface area contributed by atoms with Gasteiger partial charge in [-0.15, -0.1) is 10.2 Å². The quantitative estimate of drug-likeness (QED) is 0.571. The summed E-state index contributed by atoms with van der Waals surface area (Å²) in [4.78, 5) is 12.4. The van der Waals surface area contributed by atoms with Crippen LogP contribution in [0.3, 0.4) is 0 Å². The molecule has 152 valence electrons. The van der Waals surface area contributed by atoms with Crippen molar-refractivity contribution in [2.75, 3.05) is 0 Å². The molecule has 0 aliphatic carbocycles. The predicted octanol–water partition coefficient (Wildman–Crippen LogP) is 5.14. The highest BCUT2D eigenvalue weighted by atomic mass is 32.2. The zero-order valence-electron chi connectivity index (χ0n) is 17.5. The minimum Gasteiger partial charge on any atom is -0.411 e. The number of hydrogen-bond acceptors (Lipinski definition) is 5. The molecule has 1 atom stereocenters. The number of aryl methyl sites for hydroxylation is 1. The first-order chi connectivity index (χ1) is 13.7. The van der Waals surface area contributed by atoms with E-state index in [9.17, 15) is 4.79 Å². The van der Waals surface area contributed by atoms with E-state index in [-0.39, 0.29) is 16.6 Å². The summed E-state index contributed by atoms with van der Waals surface area (Å²) in [5.41, 5.74) is 4.47. The Labute approximate surface area is 176 Å². The van der Waals surface area contributed by atoms with Gasteiger partial charge in [0.1, 0.15) is 0 Å². The van der Waals surface area contributed by atoms with Gasteiger partial charge in [0.15, 0.2) is 0 Å². The third-order valence-corrected chi connectivity index (χ3v) is 5.57. The fourth-order valence-electron chi connectivity index (χ4n) is 2.73. The van der Waals surface area contributed by atoms with Crippen LogP contribution < -0.4 is 5.32 Å². The molecule has 6 heteroatoms. The van der Waals surface area contributed by atoms with Gasteiger partial charge in [-0.2, -0.15) is 0 Å². The number of aromatic nitrogens is 2. The molecule has 0 aliphatic heterocycles. The number of nitrogens with one attached hydrogen (secondary N) is 1. The Balaban J connectivity index is 1.57. The molecule has 1 amide bonds. The van der Waals surface area contributed by atoms with Crippen molar-refractivity contribution >= 4 is 17.7 Å². The molecule has 3 aromatic rings. The van der Waals surface area contributed by atoms with E-state index in [1.165, 1.54) is 22.9 Å². The van der Waals surface area contributed by atoms with Gasteiger partial charge in [-0.1, -0.05) is 74.5 Å². The molecule has 2 aromatic carbocycles. The van der Waals surface area contributed by atoms with E-state index < -0.39 is 0 Å². The van der Waals surface area contributed by atoms with Crippen LogP contribution in [0, 0.1) is 6.92 Å². The highest BCUT2D eigenvalue weighted by Gasteiger charge is 2.19.